The standard InChI is InChI=1S/C17H27NO2/c1-4-14-7-5-6-8-16(14)20-13(2)11-17(3,12-19)18-15-9-10-15/h5-8,13,15,18-19H,4,9-12H2,1-3H3. The van der Waals surface area contributed by atoms with Crippen LogP contribution in [0.1, 0.15) is 45.6 Å². The lowest BCUT2D eigenvalue weighted by Crippen LogP contribution is -2.49. The molecule has 0 amide bonds. The number of aliphatic hydroxyl groups excluding tert-OH is 1. The molecule has 0 aliphatic heterocycles. The molecule has 112 valence electrons. The van der Waals surface area contributed by atoms with E-state index in [1.807, 2.05) is 18.2 Å². The first kappa shape index (κ1) is 15.3. The summed E-state index contributed by atoms with van der Waals surface area (Å²) in [4.78, 5) is 0. The summed E-state index contributed by atoms with van der Waals surface area (Å²) in [6.45, 7) is 6.44. The number of aliphatic hydroxyl groups is 1. The predicted molar refractivity (Wildman–Crippen MR) is 82.2 cm³/mol. The summed E-state index contributed by atoms with van der Waals surface area (Å²) in [5.74, 6) is 0.967. The molecule has 0 aromatic heterocycles. The van der Waals surface area contributed by atoms with Gasteiger partial charge in [0.05, 0.1) is 12.7 Å². The fourth-order valence-corrected chi connectivity index (χ4v) is 2.69. The van der Waals surface area contributed by atoms with Crippen LogP contribution in [0.4, 0.5) is 0 Å². The highest BCUT2D eigenvalue weighted by Gasteiger charge is 2.33. The number of rotatable bonds is 8. The van der Waals surface area contributed by atoms with Gasteiger partial charge >= 0.3 is 0 Å². The zero-order chi connectivity index (χ0) is 14.6. The number of aryl methyl sites for hydroxylation is 1. The van der Waals surface area contributed by atoms with Crippen molar-refractivity contribution in [3.8, 4) is 5.75 Å². The largest absolute Gasteiger partial charge is 0.490 e. The Morgan fingerprint density at radius 3 is 2.70 bits per heavy atom. The molecule has 20 heavy (non-hydrogen) atoms. The molecule has 3 heteroatoms. The van der Waals surface area contributed by atoms with Crippen molar-refractivity contribution in [3.05, 3.63) is 29.8 Å². The molecular weight excluding hydrogens is 250 g/mol. The highest BCUT2D eigenvalue weighted by atomic mass is 16.5. The maximum absolute atomic E-state index is 9.66. The normalized spacial score (nSPS) is 19.4. The van der Waals surface area contributed by atoms with E-state index in [2.05, 4.69) is 32.2 Å². The van der Waals surface area contributed by atoms with Crippen LogP contribution in [0, 0.1) is 0 Å². The zero-order valence-electron chi connectivity index (χ0n) is 12.9. The first-order chi connectivity index (χ1) is 9.56. The minimum absolute atomic E-state index is 0.0751. The van der Waals surface area contributed by atoms with Crippen molar-refractivity contribution in [1.82, 2.24) is 5.32 Å². The Morgan fingerprint density at radius 2 is 2.10 bits per heavy atom. The highest BCUT2D eigenvalue weighted by molar-refractivity contribution is 5.33. The average Bonchev–Trinajstić information content (AvgIpc) is 3.22. The maximum Gasteiger partial charge on any atom is 0.122 e. The third-order valence-corrected chi connectivity index (χ3v) is 3.90. The lowest BCUT2D eigenvalue weighted by atomic mass is 9.95. The number of ether oxygens (including phenoxy) is 1. The van der Waals surface area contributed by atoms with E-state index >= 15 is 0 Å². The lowest BCUT2D eigenvalue weighted by molar-refractivity contribution is 0.108. The number of para-hydroxylation sites is 1. The maximum atomic E-state index is 9.66. The van der Waals surface area contributed by atoms with Crippen molar-refractivity contribution in [1.29, 1.82) is 0 Å². The van der Waals surface area contributed by atoms with Crippen LogP contribution in [-0.2, 0) is 6.42 Å². The lowest BCUT2D eigenvalue weighted by Gasteiger charge is -2.32. The van der Waals surface area contributed by atoms with Gasteiger partial charge in [-0.3, -0.25) is 0 Å². The van der Waals surface area contributed by atoms with E-state index in [-0.39, 0.29) is 18.2 Å². The van der Waals surface area contributed by atoms with Gasteiger partial charge in [0.15, 0.2) is 0 Å². The quantitative estimate of drug-likeness (QED) is 0.767. The molecule has 1 fully saturated rings. The smallest absolute Gasteiger partial charge is 0.122 e. The average molecular weight is 277 g/mol. The minimum Gasteiger partial charge on any atom is -0.490 e. The van der Waals surface area contributed by atoms with Crippen LogP contribution in [0.25, 0.3) is 0 Å². The van der Waals surface area contributed by atoms with E-state index in [1.165, 1.54) is 18.4 Å². The minimum atomic E-state index is -0.248. The van der Waals surface area contributed by atoms with Crippen molar-refractivity contribution in [2.45, 2.75) is 64.1 Å². The molecule has 2 atom stereocenters. The number of benzene rings is 1. The van der Waals surface area contributed by atoms with Gasteiger partial charge in [0.25, 0.3) is 0 Å². The second kappa shape index (κ2) is 6.59. The van der Waals surface area contributed by atoms with E-state index in [0.717, 1.165) is 18.6 Å². The Hall–Kier alpha value is -1.06. The molecule has 1 aromatic rings. The molecule has 0 spiro atoms. The van der Waals surface area contributed by atoms with Gasteiger partial charge in [-0.15, -0.1) is 0 Å². The Labute approximate surface area is 122 Å². The number of hydrogen-bond donors (Lipinski definition) is 2. The van der Waals surface area contributed by atoms with Gasteiger partial charge in [-0.1, -0.05) is 25.1 Å². The van der Waals surface area contributed by atoms with Crippen LogP contribution in [0.5, 0.6) is 5.75 Å². The van der Waals surface area contributed by atoms with Gasteiger partial charge in [0, 0.05) is 18.0 Å². The fraction of sp³-hybridized carbons (Fsp3) is 0.647. The topological polar surface area (TPSA) is 41.5 Å². The third kappa shape index (κ3) is 4.22. The number of hydrogen-bond acceptors (Lipinski definition) is 3. The summed E-state index contributed by atoms with van der Waals surface area (Å²) in [7, 11) is 0. The summed E-state index contributed by atoms with van der Waals surface area (Å²) in [6.07, 6.45) is 4.30. The molecule has 1 saturated carbocycles. The SMILES string of the molecule is CCc1ccccc1OC(C)CC(C)(CO)NC1CC1. The van der Waals surface area contributed by atoms with Gasteiger partial charge in [-0.2, -0.15) is 0 Å². The van der Waals surface area contributed by atoms with Crippen molar-refractivity contribution in [2.75, 3.05) is 6.61 Å². The van der Waals surface area contributed by atoms with Crippen molar-refractivity contribution >= 4 is 0 Å². The van der Waals surface area contributed by atoms with Crippen molar-refractivity contribution < 1.29 is 9.84 Å². The van der Waals surface area contributed by atoms with Crippen LogP contribution < -0.4 is 10.1 Å². The van der Waals surface area contributed by atoms with Gasteiger partial charge in [0.1, 0.15) is 5.75 Å². The monoisotopic (exact) mass is 277 g/mol. The molecule has 1 aliphatic carbocycles. The summed E-state index contributed by atoms with van der Waals surface area (Å²) >= 11 is 0. The molecule has 0 bridgehead atoms. The highest BCUT2D eigenvalue weighted by Crippen LogP contribution is 2.26. The predicted octanol–water partition coefficient (Wildman–Crippen LogP) is 2.91. The van der Waals surface area contributed by atoms with Crippen LogP contribution >= 0.6 is 0 Å². The van der Waals surface area contributed by atoms with Gasteiger partial charge in [0.2, 0.25) is 0 Å². The Kier molecular flexibility index (Phi) is 5.06. The first-order valence-corrected chi connectivity index (χ1v) is 7.69. The Morgan fingerprint density at radius 1 is 1.40 bits per heavy atom. The molecule has 0 heterocycles. The summed E-state index contributed by atoms with van der Waals surface area (Å²) < 4.78 is 6.08. The van der Waals surface area contributed by atoms with Crippen LogP contribution in [0.2, 0.25) is 0 Å². The van der Waals surface area contributed by atoms with Gasteiger partial charge < -0.3 is 15.2 Å². The van der Waals surface area contributed by atoms with E-state index in [9.17, 15) is 5.11 Å². The third-order valence-electron chi connectivity index (χ3n) is 3.90. The molecule has 3 nitrogen and oxygen atoms in total. The molecular formula is C17H27NO2. The number of nitrogens with one attached hydrogen (secondary N) is 1. The fourth-order valence-electron chi connectivity index (χ4n) is 2.69. The molecule has 0 saturated heterocycles. The van der Waals surface area contributed by atoms with Crippen LogP contribution in [-0.4, -0.2) is 29.4 Å². The molecule has 0 radical (unpaired) electrons. The van der Waals surface area contributed by atoms with E-state index in [0.29, 0.717) is 6.04 Å². The van der Waals surface area contributed by atoms with E-state index in [4.69, 9.17) is 4.74 Å². The molecule has 2 N–H and O–H groups in total. The van der Waals surface area contributed by atoms with Crippen LogP contribution in [0.15, 0.2) is 24.3 Å². The molecule has 2 unspecified atom stereocenters. The van der Waals surface area contributed by atoms with Crippen LogP contribution in [0.3, 0.4) is 0 Å². The summed E-state index contributed by atoms with van der Waals surface area (Å²) in [6, 6.07) is 8.77. The van der Waals surface area contributed by atoms with Crippen molar-refractivity contribution in [2.24, 2.45) is 0 Å². The van der Waals surface area contributed by atoms with E-state index in [1.54, 1.807) is 0 Å². The second-order valence-electron chi connectivity index (χ2n) is 6.23. The second-order valence-corrected chi connectivity index (χ2v) is 6.23. The first-order valence-electron chi connectivity index (χ1n) is 7.69. The molecule has 1 aromatic carbocycles. The Bertz CT molecular complexity index is 431. The molecule has 1 aliphatic rings. The van der Waals surface area contributed by atoms with Gasteiger partial charge in [-0.05, 0) is 44.7 Å². The van der Waals surface area contributed by atoms with Gasteiger partial charge in [-0.25, -0.2) is 0 Å². The Balaban J connectivity index is 1.94. The van der Waals surface area contributed by atoms with E-state index < -0.39 is 0 Å². The molecule has 2 rings (SSSR count). The summed E-state index contributed by atoms with van der Waals surface area (Å²) in [5.41, 5.74) is 0.988. The summed E-state index contributed by atoms with van der Waals surface area (Å²) in [5, 5.41) is 13.2. The van der Waals surface area contributed by atoms with Crippen molar-refractivity contribution in [3.63, 3.8) is 0 Å². The zero-order valence-corrected chi connectivity index (χ0v) is 12.9.